The molecule has 1 amide bonds. The Labute approximate surface area is 177 Å². The van der Waals surface area contributed by atoms with Crippen LogP contribution >= 0.6 is 0 Å². The Bertz CT molecular complexity index is 1170. The van der Waals surface area contributed by atoms with Crippen LogP contribution in [-0.4, -0.2) is 20.9 Å². The lowest BCUT2D eigenvalue weighted by molar-refractivity contribution is 0.0989. The van der Waals surface area contributed by atoms with Crippen LogP contribution in [0, 0.1) is 0 Å². The standard InChI is InChI=1S/C24H24N2O3S/c1-2-19-8-6-7-11-23(19)30(28,29)25-17-18-12-13-20-14-15-26(22(20)16-18)24(27)21-9-4-3-5-10-21/h3-13,16,25H,2,14-15,17H2,1H3. The predicted molar refractivity (Wildman–Crippen MR) is 118 cm³/mol. The first-order chi connectivity index (χ1) is 14.5. The summed E-state index contributed by atoms with van der Waals surface area (Å²) in [5.74, 6) is -0.0380. The van der Waals surface area contributed by atoms with Gasteiger partial charge in [0.1, 0.15) is 0 Å². The highest BCUT2D eigenvalue weighted by Crippen LogP contribution is 2.30. The molecular weight excluding hydrogens is 396 g/mol. The van der Waals surface area contributed by atoms with E-state index in [1.165, 1.54) is 0 Å². The number of amides is 1. The third kappa shape index (κ3) is 4.01. The summed E-state index contributed by atoms with van der Waals surface area (Å²) in [6.45, 7) is 2.73. The Balaban J connectivity index is 1.54. The van der Waals surface area contributed by atoms with Crippen LogP contribution in [0.5, 0.6) is 0 Å². The number of fused-ring (bicyclic) bond motifs is 1. The third-order valence-electron chi connectivity index (χ3n) is 5.42. The van der Waals surface area contributed by atoms with Crippen LogP contribution in [0.4, 0.5) is 5.69 Å². The van der Waals surface area contributed by atoms with Crippen molar-refractivity contribution in [3.05, 3.63) is 95.1 Å². The van der Waals surface area contributed by atoms with Crippen molar-refractivity contribution in [1.82, 2.24) is 4.72 Å². The van der Waals surface area contributed by atoms with E-state index in [1.54, 1.807) is 17.0 Å². The molecule has 30 heavy (non-hydrogen) atoms. The van der Waals surface area contributed by atoms with E-state index in [0.29, 0.717) is 23.4 Å². The van der Waals surface area contributed by atoms with E-state index in [0.717, 1.165) is 28.8 Å². The lowest BCUT2D eigenvalue weighted by Crippen LogP contribution is -2.29. The predicted octanol–water partition coefficient (Wildman–Crippen LogP) is 3.93. The summed E-state index contributed by atoms with van der Waals surface area (Å²) in [5, 5.41) is 0. The minimum atomic E-state index is -3.62. The number of aryl methyl sites for hydroxylation is 1. The van der Waals surface area contributed by atoms with Crippen molar-refractivity contribution in [2.45, 2.75) is 31.2 Å². The van der Waals surface area contributed by atoms with Crippen LogP contribution in [0.15, 0.2) is 77.7 Å². The Morgan fingerprint density at radius 1 is 1.00 bits per heavy atom. The number of sulfonamides is 1. The third-order valence-corrected chi connectivity index (χ3v) is 6.92. The molecule has 1 N–H and O–H groups in total. The molecule has 0 aromatic heterocycles. The highest BCUT2D eigenvalue weighted by atomic mass is 32.2. The molecule has 0 bridgehead atoms. The van der Waals surface area contributed by atoms with Gasteiger partial charge in [0.25, 0.3) is 5.91 Å². The van der Waals surface area contributed by atoms with Crippen molar-refractivity contribution in [2.24, 2.45) is 0 Å². The van der Waals surface area contributed by atoms with E-state index in [-0.39, 0.29) is 12.5 Å². The lowest BCUT2D eigenvalue weighted by Gasteiger charge is -2.18. The molecule has 0 atom stereocenters. The van der Waals surface area contributed by atoms with Gasteiger partial charge in [0.2, 0.25) is 10.0 Å². The van der Waals surface area contributed by atoms with E-state index < -0.39 is 10.0 Å². The number of nitrogens with one attached hydrogen (secondary N) is 1. The fourth-order valence-electron chi connectivity index (χ4n) is 3.80. The molecule has 0 saturated heterocycles. The highest BCUT2D eigenvalue weighted by Gasteiger charge is 2.26. The molecule has 5 nitrogen and oxygen atoms in total. The van der Waals surface area contributed by atoms with E-state index in [9.17, 15) is 13.2 Å². The molecule has 0 radical (unpaired) electrons. The molecule has 6 heteroatoms. The molecular formula is C24H24N2O3S. The van der Waals surface area contributed by atoms with Crippen molar-refractivity contribution >= 4 is 21.6 Å². The minimum Gasteiger partial charge on any atom is -0.308 e. The van der Waals surface area contributed by atoms with Crippen molar-refractivity contribution in [3.63, 3.8) is 0 Å². The van der Waals surface area contributed by atoms with Gasteiger partial charge in [-0.05, 0) is 53.8 Å². The van der Waals surface area contributed by atoms with Crippen molar-refractivity contribution in [3.8, 4) is 0 Å². The van der Waals surface area contributed by atoms with Gasteiger partial charge in [-0.1, -0.05) is 55.5 Å². The molecule has 4 rings (SSSR count). The van der Waals surface area contributed by atoms with E-state index in [4.69, 9.17) is 0 Å². The van der Waals surface area contributed by atoms with Crippen molar-refractivity contribution in [1.29, 1.82) is 0 Å². The van der Waals surface area contributed by atoms with Crippen molar-refractivity contribution < 1.29 is 13.2 Å². The van der Waals surface area contributed by atoms with Gasteiger partial charge in [0.15, 0.2) is 0 Å². The average Bonchev–Trinajstić information content (AvgIpc) is 3.21. The number of benzene rings is 3. The molecule has 3 aromatic rings. The number of hydrogen-bond acceptors (Lipinski definition) is 3. The molecule has 3 aromatic carbocycles. The second kappa shape index (κ2) is 8.42. The van der Waals surface area contributed by atoms with Gasteiger partial charge < -0.3 is 4.90 Å². The quantitative estimate of drug-likeness (QED) is 0.657. The van der Waals surface area contributed by atoms with Gasteiger partial charge in [-0.3, -0.25) is 4.79 Å². The van der Waals surface area contributed by atoms with Gasteiger partial charge in [0, 0.05) is 24.3 Å². The van der Waals surface area contributed by atoms with Crippen LogP contribution in [0.3, 0.4) is 0 Å². The first-order valence-corrected chi connectivity index (χ1v) is 11.5. The van der Waals surface area contributed by atoms with E-state index in [1.807, 2.05) is 67.6 Å². The summed E-state index contributed by atoms with van der Waals surface area (Å²) in [7, 11) is -3.62. The monoisotopic (exact) mass is 420 g/mol. The second-order valence-corrected chi connectivity index (χ2v) is 9.06. The number of carbonyl (C=O) groups excluding carboxylic acids is 1. The molecule has 0 unspecified atom stereocenters. The first kappa shape index (κ1) is 20.3. The maximum absolute atomic E-state index is 12.9. The number of nitrogens with zero attached hydrogens (tertiary/aromatic N) is 1. The molecule has 0 fully saturated rings. The maximum Gasteiger partial charge on any atom is 0.258 e. The summed E-state index contributed by atoms with van der Waals surface area (Å²) in [6.07, 6.45) is 1.44. The lowest BCUT2D eigenvalue weighted by atomic mass is 10.1. The maximum atomic E-state index is 12.9. The zero-order chi connectivity index (χ0) is 21.1. The van der Waals surface area contributed by atoms with Crippen LogP contribution in [0.1, 0.15) is 34.0 Å². The average molecular weight is 421 g/mol. The number of carbonyl (C=O) groups is 1. The van der Waals surface area contributed by atoms with Crippen LogP contribution in [0.2, 0.25) is 0 Å². The van der Waals surface area contributed by atoms with Crippen LogP contribution in [0.25, 0.3) is 0 Å². The van der Waals surface area contributed by atoms with Gasteiger partial charge in [-0.2, -0.15) is 0 Å². The van der Waals surface area contributed by atoms with Crippen molar-refractivity contribution in [2.75, 3.05) is 11.4 Å². The summed E-state index contributed by atoms with van der Waals surface area (Å²) in [5.41, 5.74) is 4.21. The minimum absolute atomic E-state index is 0.0380. The zero-order valence-corrected chi connectivity index (χ0v) is 17.7. The van der Waals surface area contributed by atoms with Crippen LogP contribution in [-0.2, 0) is 29.4 Å². The smallest absolute Gasteiger partial charge is 0.258 e. The molecule has 0 spiro atoms. The Morgan fingerprint density at radius 2 is 1.73 bits per heavy atom. The number of anilines is 1. The SMILES string of the molecule is CCc1ccccc1S(=O)(=O)NCc1ccc2c(c1)N(C(=O)c1ccccc1)CC2. The van der Waals surface area contributed by atoms with Gasteiger partial charge >= 0.3 is 0 Å². The fraction of sp³-hybridized carbons (Fsp3) is 0.208. The van der Waals surface area contributed by atoms with Gasteiger partial charge in [-0.25, -0.2) is 13.1 Å². The fourth-order valence-corrected chi connectivity index (χ4v) is 5.12. The van der Waals surface area contributed by atoms with E-state index in [2.05, 4.69) is 4.72 Å². The molecule has 1 aliphatic rings. The highest BCUT2D eigenvalue weighted by molar-refractivity contribution is 7.89. The van der Waals surface area contributed by atoms with E-state index >= 15 is 0 Å². The Kier molecular flexibility index (Phi) is 5.70. The number of hydrogen-bond donors (Lipinski definition) is 1. The van der Waals surface area contributed by atoms with Gasteiger partial charge in [-0.15, -0.1) is 0 Å². The zero-order valence-electron chi connectivity index (χ0n) is 16.8. The molecule has 0 saturated carbocycles. The topological polar surface area (TPSA) is 66.5 Å². The molecule has 1 heterocycles. The first-order valence-electron chi connectivity index (χ1n) is 10.1. The second-order valence-electron chi connectivity index (χ2n) is 7.32. The summed E-state index contributed by atoms with van der Waals surface area (Å²) in [4.78, 5) is 15.0. The summed E-state index contributed by atoms with van der Waals surface area (Å²) >= 11 is 0. The molecule has 1 aliphatic heterocycles. The largest absolute Gasteiger partial charge is 0.308 e. The molecule has 154 valence electrons. The molecule has 0 aliphatic carbocycles. The Hall–Kier alpha value is -2.96. The summed E-state index contributed by atoms with van der Waals surface area (Å²) in [6, 6.07) is 22.1. The summed E-state index contributed by atoms with van der Waals surface area (Å²) < 4.78 is 28.3. The van der Waals surface area contributed by atoms with Gasteiger partial charge in [0.05, 0.1) is 4.90 Å². The Morgan fingerprint density at radius 3 is 2.50 bits per heavy atom. The normalized spacial score (nSPS) is 13.3. The number of rotatable bonds is 6. The van der Waals surface area contributed by atoms with Crippen LogP contribution < -0.4 is 9.62 Å².